The number of unbranched alkanes of at least 4 members (excludes halogenated alkanes) is 3. The van der Waals surface area contributed by atoms with E-state index in [2.05, 4.69) is 11.7 Å². The zero-order valence-electron chi connectivity index (χ0n) is 16.1. The SMILES string of the molecule is CCCCCC(=O)CCC1C(=S)CC(=O)[C@@H]1CC=CCCCC(=O)OC. The van der Waals surface area contributed by atoms with Crippen molar-refractivity contribution < 1.29 is 19.1 Å². The molecule has 4 nitrogen and oxygen atoms in total. The van der Waals surface area contributed by atoms with Crippen LogP contribution in [0.3, 0.4) is 0 Å². The van der Waals surface area contributed by atoms with E-state index in [4.69, 9.17) is 12.2 Å². The molecule has 1 saturated carbocycles. The number of Topliss-reactive ketones (excluding diaryl/α,β-unsaturated/α-hetero) is 2. The van der Waals surface area contributed by atoms with Crippen molar-refractivity contribution in [3.8, 4) is 0 Å². The van der Waals surface area contributed by atoms with E-state index in [-0.39, 0.29) is 29.4 Å². The quantitative estimate of drug-likeness (QED) is 0.199. The Morgan fingerprint density at radius 2 is 1.88 bits per heavy atom. The molecule has 5 heteroatoms. The standard InChI is InChI=1S/C21H32O4S/c1-3-4-7-10-16(22)13-14-18-17(19(23)15-20(18)26)11-8-5-6-9-12-21(24)25-2/h5,8,17-18H,3-4,6-7,9-15H2,1-2H3/t17-,18?/m1/s1. The van der Waals surface area contributed by atoms with Crippen molar-refractivity contribution in [1.82, 2.24) is 0 Å². The Labute approximate surface area is 162 Å². The van der Waals surface area contributed by atoms with Crippen LogP contribution in [0.1, 0.15) is 77.6 Å². The summed E-state index contributed by atoms with van der Waals surface area (Å²) in [6.07, 6.45) is 12.1. The van der Waals surface area contributed by atoms with E-state index in [1.165, 1.54) is 7.11 Å². The van der Waals surface area contributed by atoms with Crippen LogP contribution in [0.5, 0.6) is 0 Å². The second-order valence-corrected chi connectivity index (χ2v) is 7.56. The first-order valence-corrected chi connectivity index (χ1v) is 10.2. The summed E-state index contributed by atoms with van der Waals surface area (Å²) in [5.74, 6) is 0.281. The minimum absolute atomic E-state index is 0.0624. The van der Waals surface area contributed by atoms with Crippen molar-refractivity contribution in [3.63, 3.8) is 0 Å². The molecule has 0 saturated heterocycles. The summed E-state index contributed by atoms with van der Waals surface area (Å²) in [4.78, 5) is 36.1. The van der Waals surface area contributed by atoms with E-state index in [1.807, 2.05) is 12.2 Å². The van der Waals surface area contributed by atoms with Gasteiger partial charge in [-0.2, -0.15) is 0 Å². The third-order valence-corrected chi connectivity index (χ3v) is 5.44. The fraction of sp³-hybridized carbons (Fsp3) is 0.714. The average Bonchev–Trinajstić information content (AvgIpc) is 2.89. The maximum absolute atomic E-state index is 12.2. The van der Waals surface area contributed by atoms with Crippen LogP contribution in [0.2, 0.25) is 0 Å². The molecule has 1 aliphatic carbocycles. The normalized spacial score (nSPS) is 20.1. The fourth-order valence-corrected chi connectivity index (χ4v) is 3.81. The highest BCUT2D eigenvalue weighted by atomic mass is 32.1. The highest BCUT2D eigenvalue weighted by molar-refractivity contribution is 7.80. The van der Waals surface area contributed by atoms with Gasteiger partial charge >= 0.3 is 5.97 Å². The first-order valence-electron chi connectivity index (χ1n) is 9.78. The number of esters is 1. The molecule has 0 aromatic rings. The van der Waals surface area contributed by atoms with Gasteiger partial charge in [-0.1, -0.05) is 44.1 Å². The Morgan fingerprint density at radius 1 is 1.12 bits per heavy atom. The van der Waals surface area contributed by atoms with Gasteiger partial charge in [-0.3, -0.25) is 14.4 Å². The van der Waals surface area contributed by atoms with E-state index >= 15 is 0 Å². The van der Waals surface area contributed by atoms with Gasteiger partial charge in [0.1, 0.15) is 11.6 Å². The lowest BCUT2D eigenvalue weighted by Gasteiger charge is -2.16. The minimum Gasteiger partial charge on any atom is -0.469 e. The summed E-state index contributed by atoms with van der Waals surface area (Å²) < 4.78 is 4.61. The van der Waals surface area contributed by atoms with Crippen molar-refractivity contribution in [2.75, 3.05) is 7.11 Å². The maximum Gasteiger partial charge on any atom is 0.305 e. The molecule has 1 rings (SSSR count). The Hall–Kier alpha value is -1.36. The van der Waals surface area contributed by atoms with Crippen LogP contribution in [-0.2, 0) is 19.1 Å². The molecule has 0 spiro atoms. The van der Waals surface area contributed by atoms with Crippen LogP contribution >= 0.6 is 12.2 Å². The molecule has 0 amide bonds. The summed E-state index contributed by atoms with van der Waals surface area (Å²) in [5, 5.41) is 0. The lowest BCUT2D eigenvalue weighted by molar-refractivity contribution is -0.140. The number of hydrogen-bond donors (Lipinski definition) is 0. The first-order chi connectivity index (χ1) is 12.5. The third kappa shape index (κ3) is 8.35. The van der Waals surface area contributed by atoms with E-state index in [0.717, 1.165) is 37.0 Å². The smallest absolute Gasteiger partial charge is 0.305 e. The van der Waals surface area contributed by atoms with Gasteiger partial charge in [0.15, 0.2) is 0 Å². The molecule has 0 aliphatic heterocycles. The van der Waals surface area contributed by atoms with E-state index < -0.39 is 0 Å². The van der Waals surface area contributed by atoms with Crippen LogP contribution in [0.15, 0.2) is 12.2 Å². The largest absolute Gasteiger partial charge is 0.469 e. The number of thiocarbonyl (C=S) groups is 1. The molecule has 0 aromatic carbocycles. The van der Waals surface area contributed by atoms with Gasteiger partial charge in [0.05, 0.1) is 7.11 Å². The van der Waals surface area contributed by atoms with Crippen molar-refractivity contribution in [3.05, 3.63) is 12.2 Å². The summed E-state index contributed by atoms with van der Waals surface area (Å²) in [5.41, 5.74) is 0. The van der Waals surface area contributed by atoms with Crippen molar-refractivity contribution in [1.29, 1.82) is 0 Å². The molecular formula is C21H32O4S. The maximum atomic E-state index is 12.2. The van der Waals surface area contributed by atoms with Crippen LogP contribution < -0.4 is 0 Å². The Morgan fingerprint density at radius 3 is 2.58 bits per heavy atom. The molecule has 0 aromatic heterocycles. The van der Waals surface area contributed by atoms with Gasteiger partial charge in [0.25, 0.3) is 0 Å². The second-order valence-electron chi connectivity index (χ2n) is 7.03. The van der Waals surface area contributed by atoms with Crippen LogP contribution in [0.4, 0.5) is 0 Å². The lowest BCUT2D eigenvalue weighted by atomic mass is 9.87. The number of carbonyl (C=O) groups excluding carboxylic acids is 3. The predicted molar refractivity (Wildman–Crippen MR) is 107 cm³/mol. The monoisotopic (exact) mass is 380 g/mol. The van der Waals surface area contributed by atoms with Gasteiger partial charge < -0.3 is 4.74 Å². The van der Waals surface area contributed by atoms with Crippen molar-refractivity contribution in [2.45, 2.75) is 77.6 Å². The topological polar surface area (TPSA) is 60.4 Å². The fourth-order valence-electron chi connectivity index (χ4n) is 3.38. The summed E-state index contributed by atoms with van der Waals surface area (Å²) in [7, 11) is 1.39. The zero-order valence-corrected chi connectivity index (χ0v) is 16.9. The Bertz CT molecular complexity index is 524. The minimum atomic E-state index is -0.196. The molecule has 0 heterocycles. The van der Waals surface area contributed by atoms with Gasteiger partial charge in [0.2, 0.25) is 0 Å². The molecule has 1 fully saturated rings. The molecule has 146 valence electrons. The molecule has 0 N–H and O–H groups in total. The van der Waals surface area contributed by atoms with Gasteiger partial charge in [-0.05, 0) is 32.1 Å². The van der Waals surface area contributed by atoms with Crippen LogP contribution in [0, 0.1) is 11.8 Å². The lowest BCUT2D eigenvalue weighted by Crippen LogP contribution is -2.18. The highest BCUT2D eigenvalue weighted by Crippen LogP contribution is 2.33. The average molecular weight is 381 g/mol. The summed E-state index contributed by atoms with van der Waals surface area (Å²) in [6, 6.07) is 0. The van der Waals surface area contributed by atoms with Crippen LogP contribution in [0.25, 0.3) is 0 Å². The summed E-state index contributed by atoms with van der Waals surface area (Å²) >= 11 is 5.41. The molecular weight excluding hydrogens is 348 g/mol. The first kappa shape index (κ1) is 22.7. The molecule has 26 heavy (non-hydrogen) atoms. The predicted octanol–water partition coefficient (Wildman–Crippen LogP) is 4.78. The number of rotatable bonds is 13. The third-order valence-electron chi connectivity index (χ3n) is 4.99. The van der Waals surface area contributed by atoms with Crippen LogP contribution in [-0.4, -0.2) is 29.5 Å². The zero-order chi connectivity index (χ0) is 19.4. The number of ether oxygens (including phenoxy) is 1. The second kappa shape index (κ2) is 12.9. The van der Waals surface area contributed by atoms with E-state index in [0.29, 0.717) is 38.5 Å². The molecule has 0 bridgehead atoms. The number of methoxy groups -OCH3 is 1. The summed E-state index contributed by atoms with van der Waals surface area (Å²) in [6.45, 7) is 2.13. The Balaban J connectivity index is 2.39. The molecule has 1 aliphatic rings. The molecule has 1 unspecified atom stereocenters. The van der Waals surface area contributed by atoms with Crippen molar-refractivity contribution in [2.24, 2.45) is 11.8 Å². The number of allylic oxidation sites excluding steroid dienone is 2. The molecule has 0 radical (unpaired) electrons. The number of carbonyl (C=O) groups is 3. The van der Waals surface area contributed by atoms with Gasteiger partial charge in [-0.15, -0.1) is 0 Å². The van der Waals surface area contributed by atoms with Gasteiger partial charge in [0, 0.05) is 42.4 Å². The molecule has 2 atom stereocenters. The van der Waals surface area contributed by atoms with E-state index in [9.17, 15) is 14.4 Å². The van der Waals surface area contributed by atoms with Gasteiger partial charge in [-0.25, -0.2) is 0 Å². The van der Waals surface area contributed by atoms with E-state index in [1.54, 1.807) is 0 Å². The van der Waals surface area contributed by atoms with Crippen molar-refractivity contribution >= 4 is 34.6 Å². The number of ketones is 2. The number of hydrogen-bond acceptors (Lipinski definition) is 5. The Kier molecular flexibility index (Phi) is 11.3. The highest BCUT2D eigenvalue weighted by Gasteiger charge is 2.37.